The molecule has 1 N–H and O–H groups in total. The highest BCUT2D eigenvalue weighted by atomic mass is 15.0. The molecule has 0 fully saturated rings. The number of hydrogen-bond acceptors (Lipinski definition) is 2. The molecule has 0 spiro atoms. The molecule has 0 heterocycles. The molecule has 0 aromatic rings. The Kier molecular flexibility index (Phi) is 5.26. The second-order valence-electron chi connectivity index (χ2n) is 2.77. The number of nitrogens with zero attached hydrogens (tertiary/aromatic N) is 1. The largest absolute Gasteiger partial charge is 0.314 e. The summed E-state index contributed by atoms with van der Waals surface area (Å²) >= 11 is 0. The Bertz CT molecular complexity index is 97.4. The molecular weight excluding hydrogens is 124 g/mol. The zero-order chi connectivity index (χ0) is 7.98. The lowest BCUT2D eigenvalue weighted by atomic mass is 10.3. The van der Waals surface area contributed by atoms with Gasteiger partial charge in [-0.05, 0) is 28.1 Å². The van der Waals surface area contributed by atoms with E-state index in [2.05, 4.69) is 43.4 Å². The van der Waals surface area contributed by atoms with E-state index >= 15 is 0 Å². The minimum atomic E-state index is 0.486. The van der Waals surface area contributed by atoms with Crippen LogP contribution in [0.25, 0.3) is 0 Å². The molecule has 0 rings (SSSR count). The van der Waals surface area contributed by atoms with Gasteiger partial charge < -0.3 is 10.2 Å². The van der Waals surface area contributed by atoms with Crippen molar-refractivity contribution in [3.63, 3.8) is 0 Å². The van der Waals surface area contributed by atoms with Gasteiger partial charge in [0.2, 0.25) is 0 Å². The van der Waals surface area contributed by atoms with Gasteiger partial charge >= 0.3 is 0 Å². The summed E-state index contributed by atoms with van der Waals surface area (Å²) in [7, 11) is 6.09. The van der Waals surface area contributed by atoms with E-state index in [9.17, 15) is 0 Å². The SMILES string of the molecule is CNC(C)/C=C/CN(C)C. The molecule has 0 aliphatic heterocycles. The molecule has 0 aliphatic rings. The molecule has 2 heteroatoms. The minimum absolute atomic E-state index is 0.486. The Morgan fingerprint density at radius 3 is 2.50 bits per heavy atom. The van der Waals surface area contributed by atoms with Crippen LogP contribution < -0.4 is 5.32 Å². The van der Waals surface area contributed by atoms with Crippen molar-refractivity contribution in [1.82, 2.24) is 10.2 Å². The number of likely N-dealkylation sites (N-methyl/N-ethyl adjacent to an activating group) is 2. The lowest BCUT2D eigenvalue weighted by Gasteiger charge is -2.06. The average molecular weight is 142 g/mol. The van der Waals surface area contributed by atoms with Crippen molar-refractivity contribution in [2.45, 2.75) is 13.0 Å². The summed E-state index contributed by atoms with van der Waals surface area (Å²) in [6.07, 6.45) is 4.33. The number of nitrogens with one attached hydrogen (secondary N) is 1. The first-order chi connectivity index (χ1) is 4.66. The lowest BCUT2D eigenvalue weighted by Crippen LogP contribution is -2.19. The average Bonchev–Trinajstić information content (AvgIpc) is 1.87. The van der Waals surface area contributed by atoms with Gasteiger partial charge in [-0.15, -0.1) is 0 Å². The number of hydrogen-bond donors (Lipinski definition) is 1. The summed E-state index contributed by atoms with van der Waals surface area (Å²) in [6, 6.07) is 0.486. The van der Waals surface area contributed by atoms with E-state index in [0.717, 1.165) is 6.54 Å². The highest BCUT2D eigenvalue weighted by molar-refractivity contribution is 4.91. The molecule has 0 radical (unpaired) electrons. The fraction of sp³-hybridized carbons (Fsp3) is 0.750. The fourth-order valence-electron chi connectivity index (χ4n) is 0.572. The third-order valence-electron chi connectivity index (χ3n) is 1.35. The topological polar surface area (TPSA) is 15.3 Å². The van der Waals surface area contributed by atoms with Crippen molar-refractivity contribution >= 4 is 0 Å². The van der Waals surface area contributed by atoms with Crippen molar-refractivity contribution in [3.8, 4) is 0 Å². The maximum Gasteiger partial charge on any atom is 0.0219 e. The normalized spacial score (nSPS) is 14.9. The first-order valence-electron chi connectivity index (χ1n) is 3.65. The molecule has 0 saturated carbocycles. The zero-order valence-electron chi connectivity index (χ0n) is 7.39. The monoisotopic (exact) mass is 142 g/mol. The molecule has 0 aliphatic carbocycles. The van der Waals surface area contributed by atoms with Crippen molar-refractivity contribution < 1.29 is 0 Å². The Balaban J connectivity index is 3.36. The van der Waals surface area contributed by atoms with Gasteiger partial charge in [0.1, 0.15) is 0 Å². The molecule has 0 bridgehead atoms. The van der Waals surface area contributed by atoms with E-state index in [-0.39, 0.29) is 0 Å². The molecule has 0 amide bonds. The highest BCUT2D eigenvalue weighted by Crippen LogP contribution is 1.83. The van der Waals surface area contributed by atoms with Gasteiger partial charge in [-0.3, -0.25) is 0 Å². The van der Waals surface area contributed by atoms with Crippen molar-refractivity contribution in [2.24, 2.45) is 0 Å². The Morgan fingerprint density at radius 1 is 1.50 bits per heavy atom. The van der Waals surface area contributed by atoms with Crippen LogP contribution >= 0.6 is 0 Å². The van der Waals surface area contributed by atoms with Gasteiger partial charge in [-0.25, -0.2) is 0 Å². The van der Waals surface area contributed by atoms with Crippen LogP contribution in [0.3, 0.4) is 0 Å². The zero-order valence-corrected chi connectivity index (χ0v) is 7.39. The molecule has 2 nitrogen and oxygen atoms in total. The van der Waals surface area contributed by atoms with E-state index in [1.807, 2.05) is 7.05 Å². The summed E-state index contributed by atoms with van der Waals surface area (Å²) in [5.41, 5.74) is 0. The predicted octanol–water partition coefficient (Wildman–Crippen LogP) is 0.712. The van der Waals surface area contributed by atoms with Crippen LogP contribution in [-0.2, 0) is 0 Å². The van der Waals surface area contributed by atoms with E-state index in [0.29, 0.717) is 6.04 Å². The molecule has 1 atom stereocenters. The quantitative estimate of drug-likeness (QED) is 0.582. The number of rotatable bonds is 4. The lowest BCUT2D eigenvalue weighted by molar-refractivity contribution is 0.455. The Morgan fingerprint density at radius 2 is 2.10 bits per heavy atom. The van der Waals surface area contributed by atoms with Gasteiger partial charge in [0.05, 0.1) is 0 Å². The summed E-state index contributed by atoms with van der Waals surface area (Å²) in [4.78, 5) is 2.14. The first-order valence-corrected chi connectivity index (χ1v) is 3.65. The van der Waals surface area contributed by atoms with Gasteiger partial charge in [0.15, 0.2) is 0 Å². The van der Waals surface area contributed by atoms with Gasteiger partial charge in [-0.2, -0.15) is 0 Å². The van der Waals surface area contributed by atoms with Crippen molar-refractivity contribution in [2.75, 3.05) is 27.7 Å². The van der Waals surface area contributed by atoms with Crippen LogP contribution in [0.5, 0.6) is 0 Å². The second-order valence-corrected chi connectivity index (χ2v) is 2.77. The standard InChI is InChI=1S/C8H18N2/c1-8(9-2)6-5-7-10(3)4/h5-6,8-9H,7H2,1-4H3/b6-5+. The van der Waals surface area contributed by atoms with E-state index in [1.165, 1.54) is 0 Å². The van der Waals surface area contributed by atoms with Crippen molar-refractivity contribution in [3.05, 3.63) is 12.2 Å². The van der Waals surface area contributed by atoms with E-state index < -0.39 is 0 Å². The molecule has 60 valence electrons. The molecule has 0 aromatic heterocycles. The molecule has 0 aromatic carbocycles. The van der Waals surface area contributed by atoms with Gasteiger partial charge in [-0.1, -0.05) is 12.2 Å². The summed E-state index contributed by atoms with van der Waals surface area (Å²) in [5.74, 6) is 0. The van der Waals surface area contributed by atoms with Crippen LogP contribution in [0.4, 0.5) is 0 Å². The van der Waals surface area contributed by atoms with Crippen LogP contribution in [0.2, 0.25) is 0 Å². The highest BCUT2D eigenvalue weighted by Gasteiger charge is 1.88. The van der Waals surface area contributed by atoms with Crippen LogP contribution in [0, 0.1) is 0 Å². The summed E-state index contributed by atoms with van der Waals surface area (Å²) in [5, 5.41) is 3.13. The summed E-state index contributed by atoms with van der Waals surface area (Å²) < 4.78 is 0. The predicted molar refractivity (Wildman–Crippen MR) is 46.2 cm³/mol. The third-order valence-corrected chi connectivity index (χ3v) is 1.35. The van der Waals surface area contributed by atoms with Gasteiger partial charge in [0, 0.05) is 12.6 Å². The summed E-state index contributed by atoms with van der Waals surface area (Å²) in [6.45, 7) is 3.15. The molecule has 10 heavy (non-hydrogen) atoms. The van der Waals surface area contributed by atoms with Gasteiger partial charge in [0.25, 0.3) is 0 Å². The maximum absolute atomic E-state index is 3.13. The first kappa shape index (κ1) is 9.66. The van der Waals surface area contributed by atoms with Crippen molar-refractivity contribution in [1.29, 1.82) is 0 Å². The van der Waals surface area contributed by atoms with Crippen LogP contribution in [-0.4, -0.2) is 38.6 Å². The Labute approximate surface area is 63.9 Å². The molecule has 0 saturated heterocycles. The smallest absolute Gasteiger partial charge is 0.0219 e. The fourth-order valence-corrected chi connectivity index (χ4v) is 0.572. The Hall–Kier alpha value is -0.340. The van der Waals surface area contributed by atoms with E-state index in [1.54, 1.807) is 0 Å². The third kappa shape index (κ3) is 5.79. The second kappa shape index (κ2) is 5.45. The van der Waals surface area contributed by atoms with E-state index in [4.69, 9.17) is 0 Å². The minimum Gasteiger partial charge on any atom is -0.314 e. The molecule has 1 unspecified atom stereocenters. The van der Waals surface area contributed by atoms with Crippen LogP contribution in [0.15, 0.2) is 12.2 Å². The maximum atomic E-state index is 3.13. The van der Waals surface area contributed by atoms with Crippen LogP contribution in [0.1, 0.15) is 6.92 Å². The molecular formula is C8H18N2.